The van der Waals surface area contributed by atoms with Gasteiger partial charge in [0.15, 0.2) is 0 Å². The Morgan fingerprint density at radius 3 is 2.44 bits per heavy atom. The first kappa shape index (κ1) is 33.5. The van der Waals surface area contributed by atoms with Gasteiger partial charge >= 0.3 is 6.18 Å². The quantitative estimate of drug-likeness (QED) is 0.138. The molecule has 0 spiro atoms. The van der Waals surface area contributed by atoms with Gasteiger partial charge in [-0.1, -0.05) is 31.2 Å². The highest BCUT2D eigenvalue weighted by molar-refractivity contribution is 7.98. The number of aromatic nitrogens is 1. The first-order chi connectivity index (χ1) is 21.7. The molecule has 0 aliphatic rings. The molecule has 3 aromatic carbocycles. The van der Waals surface area contributed by atoms with E-state index in [-0.39, 0.29) is 18.0 Å². The molecule has 0 saturated carbocycles. The van der Waals surface area contributed by atoms with Gasteiger partial charge in [-0.3, -0.25) is 14.6 Å². The maximum Gasteiger partial charge on any atom is 0.416 e. The first-order valence-electron chi connectivity index (χ1n) is 14.3. The van der Waals surface area contributed by atoms with Gasteiger partial charge in [-0.15, -0.1) is 0 Å². The van der Waals surface area contributed by atoms with E-state index >= 15 is 0 Å². The number of anilines is 1. The van der Waals surface area contributed by atoms with E-state index in [1.165, 1.54) is 24.4 Å². The monoisotopic (exact) mass is 637 g/mol. The van der Waals surface area contributed by atoms with E-state index in [0.717, 1.165) is 35.6 Å². The highest BCUT2D eigenvalue weighted by Gasteiger charge is 2.30. The van der Waals surface area contributed by atoms with E-state index in [1.54, 1.807) is 49.2 Å². The highest BCUT2D eigenvalue weighted by Crippen LogP contribution is 2.32. The molecular weight excluding hydrogens is 603 g/mol. The number of alkyl halides is 3. The van der Waals surface area contributed by atoms with Crippen molar-refractivity contribution in [3.63, 3.8) is 0 Å². The summed E-state index contributed by atoms with van der Waals surface area (Å²) >= 11 is 1.81. The van der Waals surface area contributed by atoms with Crippen LogP contribution in [-0.4, -0.2) is 42.9 Å². The SMILES string of the molecule is CCCSCc1cccc(C(=O)Nc2ccc(OCCOC)cc2-c2cc(C(=O)NCc3cccc(C(F)(F)F)c3)ccn2)c1. The molecule has 45 heavy (non-hydrogen) atoms. The van der Waals surface area contributed by atoms with Gasteiger partial charge in [0.25, 0.3) is 11.8 Å². The summed E-state index contributed by atoms with van der Waals surface area (Å²) in [5, 5.41) is 5.63. The van der Waals surface area contributed by atoms with Crippen molar-refractivity contribution in [2.75, 3.05) is 31.4 Å². The maximum absolute atomic E-state index is 13.3. The van der Waals surface area contributed by atoms with Gasteiger partial charge in [0.05, 0.1) is 23.6 Å². The van der Waals surface area contributed by atoms with Crippen LogP contribution in [0.5, 0.6) is 5.75 Å². The van der Waals surface area contributed by atoms with Crippen molar-refractivity contribution in [2.24, 2.45) is 0 Å². The Kier molecular flexibility index (Phi) is 12.0. The number of halogens is 3. The fourth-order valence-electron chi connectivity index (χ4n) is 4.37. The van der Waals surface area contributed by atoms with E-state index in [0.29, 0.717) is 47.0 Å². The maximum atomic E-state index is 13.3. The number of nitrogens with one attached hydrogen (secondary N) is 2. The molecular formula is C34H34F3N3O4S. The lowest BCUT2D eigenvalue weighted by atomic mass is 10.0. The van der Waals surface area contributed by atoms with Crippen LogP contribution in [0.25, 0.3) is 11.3 Å². The van der Waals surface area contributed by atoms with Crippen LogP contribution >= 0.6 is 11.8 Å². The zero-order valence-electron chi connectivity index (χ0n) is 24.9. The first-order valence-corrected chi connectivity index (χ1v) is 15.5. The fraction of sp³-hybridized carbons (Fsp3) is 0.265. The summed E-state index contributed by atoms with van der Waals surface area (Å²) < 4.78 is 50.2. The summed E-state index contributed by atoms with van der Waals surface area (Å²) in [4.78, 5) is 30.8. The van der Waals surface area contributed by atoms with E-state index < -0.39 is 17.6 Å². The molecule has 4 rings (SSSR count). The minimum absolute atomic E-state index is 0.0967. The van der Waals surface area contributed by atoms with Gasteiger partial charge in [0.2, 0.25) is 0 Å². The van der Waals surface area contributed by atoms with Gasteiger partial charge in [-0.05, 0) is 77.9 Å². The summed E-state index contributed by atoms with van der Waals surface area (Å²) in [6.07, 6.45) is -1.95. The summed E-state index contributed by atoms with van der Waals surface area (Å²) in [7, 11) is 1.57. The van der Waals surface area contributed by atoms with Gasteiger partial charge in [0, 0.05) is 42.3 Å². The summed E-state index contributed by atoms with van der Waals surface area (Å²) in [6.45, 7) is 2.71. The van der Waals surface area contributed by atoms with Crippen molar-refractivity contribution in [1.82, 2.24) is 10.3 Å². The van der Waals surface area contributed by atoms with Crippen LogP contribution in [0.2, 0.25) is 0 Å². The van der Waals surface area contributed by atoms with Crippen LogP contribution in [0.4, 0.5) is 18.9 Å². The molecule has 7 nitrogen and oxygen atoms in total. The number of amides is 2. The second-order valence-electron chi connectivity index (χ2n) is 10.1. The summed E-state index contributed by atoms with van der Waals surface area (Å²) in [5.41, 5.74) is 2.68. The molecule has 0 radical (unpaired) electrons. The van der Waals surface area contributed by atoms with Crippen molar-refractivity contribution in [3.05, 3.63) is 113 Å². The minimum Gasteiger partial charge on any atom is -0.491 e. The van der Waals surface area contributed by atoms with E-state index in [1.807, 2.05) is 18.2 Å². The largest absolute Gasteiger partial charge is 0.491 e. The third kappa shape index (κ3) is 9.82. The van der Waals surface area contributed by atoms with Crippen LogP contribution in [0.15, 0.2) is 85.1 Å². The average molecular weight is 638 g/mol. The lowest BCUT2D eigenvalue weighted by molar-refractivity contribution is -0.137. The predicted molar refractivity (Wildman–Crippen MR) is 171 cm³/mol. The zero-order valence-corrected chi connectivity index (χ0v) is 25.8. The number of benzene rings is 3. The number of methoxy groups -OCH3 is 1. The van der Waals surface area contributed by atoms with Crippen molar-refractivity contribution < 1.29 is 32.2 Å². The molecule has 0 atom stereocenters. The Balaban J connectivity index is 1.57. The van der Waals surface area contributed by atoms with E-state index in [4.69, 9.17) is 9.47 Å². The minimum atomic E-state index is -4.48. The molecule has 236 valence electrons. The average Bonchev–Trinajstić information content (AvgIpc) is 3.04. The molecule has 0 saturated heterocycles. The molecule has 0 unspecified atom stereocenters. The molecule has 0 aliphatic heterocycles. The third-order valence-electron chi connectivity index (χ3n) is 6.61. The lowest BCUT2D eigenvalue weighted by Crippen LogP contribution is -2.23. The lowest BCUT2D eigenvalue weighted by Gasteiger charge is -2.15. The van der Waals surface area contributed by atoms with Crippen LogP contribution < -0.4 is 15.4 Å². The standard InChI is InChI=1S/C34H34F3N3O4S/c1-3-16-45-22-24-7-4-8-25(17-24)33(42)40-30-11-10-28(44-15-14-43-2)20-29(30)31-19-26(12-13-38-31)32(41)39-21-23-6-5-9-27(18-23)34(35,36)37/h4-13,17-20H,3,14-16,21-22H2,1-2H3,(H,39,41)(H,40,42). The van der Waals surface area contributed by atoms with Crippen LogP contribution in [0.1, 0.15) is 50.8 Å². The Labute approximate surface area is 264 Å². The van der Waals surface area contributed by atoms with E-state index in [2.05, 4.69) is 22.5 Å². The number of rotatable bonds is 14. The van der Waals surface area contributed by atoms with Crippen molar-refractivity contribution in [2.45, 2.75) is 31.8 Å². The highest BCUT2D eigenvalue weighted by atomic mass is 32.2. The molecule has 2 amide bonds. The smallest absolute Gasteiger partial charge is 0.416 e. The normalized spacial score (nSPS) is 11.2. The van der Waals surface area contributed by atoms with Gasteiger partial charge < -0.3 is 20.1 Å². The molecule has 0 bridgehead atoms. The molecule has 4 aromatic rings. The number of nitrogens with zero attached hydrogens (tertiary/aromatic N) is 1. The molecule has 11 heteroatoms. The van der Waals surface area contributed by atoms with Crippen LogP contribution in [0, 0.1) is 0 Å². The number of ether oxygens (including phenoxy) is 2. The number of hydrogen-bond acceptors (Lipinski definition) is 6. The molecule has 1 aromatic heterocycles. The molecule has 2 N–H and O–H groups in total. The predicted octanol–water partition coefficient (Wildman–Crippen LogP) is 7.62. The van der Waals surface area contributed by atoms with Crippen molar-refractivity contribution in [1.29, 1.82) is 0 Å². The third-order valence-corrected chi connectivity index (χ3v) is 7.84. The van der Waals surface area contributed by atoms with Gasteiger partial charge in [0.1, 0.15) is 12.4 Å². The molecule has 0 fully saturated rings. The second kappa shape index (κ2) is 16.1. The summed E-state index contributed by atoms with van der Waals surface area (Å²) in [5.74, 6) is 1.55. The summed E-state index contributed by atoms with van der Waals surface area (Å²) in [6, 6.07) is 20.5. The van der Waals surface area contributed by atoms with E-state index in [9.17, 15) is 22.8 Å². The number of carbonyl (C=O) groups is 2. The molecule has 0 aliphatic carbocycles. The molecule has 1 heterocycles. The Morgan fingerprint density at radius 2 is 1.67 bits per heavy atom. The van der Waals surface area contributed by atoms with Crippen molar-refractivity contribution in [3.8, 4) is 17.0 Å². The second-order valence-corrected chi connectivity index (χ2v) is 11.2. The van der Waals surface area contributed by atoms with Crippen LogP contribution in [-0.2, 0) is 23.2 Å². The number of pyridine rings is 1. The number of thioether (sulfide) groups is 1. The fourth-order valence-corrected chi connectivity index (χ4v) is 5.22. The van der Waals surface area contributed by atoms with Crippen molar-refractivity contribution >= 4 is 29.3 Å². The Hall–Kier alpha value is -4.35. The Morgan fingerprint density at radius 1 is 0.889 bits per heavy atom. The zero-order chi connectivity index (χ0) is 32.2. The van der Waals surface area contributed by atoms with Gasteiger partial charge in [-0.2, -0.15) is 24.9 Å². The number of carbonyl (C=O) groups excluding carboxylic acids is 2. The van der Waals surface area contributed by atoms with Gasteiger partial charge in [-0.25, -0.2) is 0 Å². The van der Waals surface area contributed by atoms with Crippen LogP contribution in [0.3, 0.4) is 0 Å². The number of hydrogen-bond donors (Lipinski definition) is 2. The Bertz CT molecular complexity index is 1610. The topological polar surface area (TPSA) is 89.5 Å².